The number of quaternary nitrogens is 2. The first-order valence-corrected chi connectivity index (χ1v) is 6.87. The van der Waals surface area contributed by atoms with Crippen molar-refractivity contribution in [3.63, 3.8) is 0 Å². The number of ether oxygens (including phenoxy) is 1. The van der Waals surface area contributed by atoms with Crippen molar-refractivity contribution in [1.82, 2.24) is 0 Å². The molecule has 1 fully saturated rings. The van der Waals surface area contributed by atoms with Crippen LogP contribution < -0.4 is 14.5 Å². The van der Waals surface area contributed by atoms with Gasteiger partial charge in [-0.15, -0.1) is 0 Å². The maximum absolute atomic E-state index is 10.1. The monoisotopic (exact) mass is 268 g/mol. The molecule has 106 valence electrons. The van der Waals surface area contributed by atoms with Gasteiger partial charge in [-0.05, 0) is 12.1 Å². The first-order valence-electron chi connectivity index (χ1n) is 6.87. The number of phenolic OH excluding ortho intramolecular Hbond substituents is 1. The molecule has 1 aromatic rings. The van der Waals surface area contributed by atoms with Gasteiger partial charge < -0.3 is 24.7 Å². The van der Waals surface area contributed by atoms with Crippen molar-refractivity contribution in [2.24, 2.45) is 0 Å². The summed E-state index contributed by atoms with van der Waals surface area (Å²) >= 11 is 0. The van der Waals surface area contributed by atoms with Crippen molar-refractivity contribution in [3.8, 4) is 11.5 Å². The van der Waals surface area contributed by atoms with Crippen LogP contribution in [-0.4, -0.2) is 56.7 Å². The standard InChI is InChI=1S/C14H22N2O3/c1-19-13-4-2-3-12(14(13)18)11-16-7-5-15(6-8-16)9-10-17/h2-4,17-18H,5-11H2,1H3/p+2. The van der Waals surface area contributed by atoms with E-state index in [2.05, 4.69) is 0 Å². The second kappa shape index (κ2) is 6.75. The Morgan fingerprint density at radius 3 is 2.47 bits per heavy atom. The summed E-state index contributed by atoms with van der Waals surface area (Å²) in [5.74, 6) is 0.809. The first-order chi connectivity index (χ1) is 9.24. The molecule has 4 N–H and O–H groups in total. The highest BCUT2D eigenvalue weighted by Gasteiger charge is 2.23. The van der Waals surface area contributed by atoms with E-state index in [1.165, 1.54) is 9.80 Å². The van der Waals surface area contributed by atoms with Gasteiger partial charge in [0.25, 0.3) is 0 Å². The zero-order valence-electron chi connectivity index (χ0n) is 11.5. The van der Waals surface area contributed by atoms with Gasteiger partial charge in [0, 0.05) is 0 Å². The largest absolute Gasteiger partial charge is 0.504 e. The lowest BCUT2D eigenvalue weighted by Gasteiger charge is -2.29. The van der Waals surface area contributed by atoms with Gasteiger partial charge in [0.15, 0.2) is 11.5 Å². The number of hydrogen-bond acceptors (Lipinski definition) is 3. The van der Waals surface area contributed by atoms with Gasteiger partial charge in [0.05, 0.1) is 19.3 Å². The fraction of sp³-hybridized carbons (Fsp3) is 0.571. The summed E-state index contributed by atoms with van der Waals surface area (Å²) in [4.78, 5) is 2.95. The third kappa shape index (κ3) is 3.59. The van der Waals surface area contributed by atoms with Crippen molar-refractivity contribution in [2.45, 2.75) is 6.54 Å². The summed E-state index contributed by atoms with van der Waals surface area (Å²) in [6.07, 6.45) is 0. The van der Waals surface area contributed by atoms with Crippen LogP contribution >= 0.6 is 0 Å². The minimum Gasteiger partial charge on any atom is -0.504 e. The molecule has 0 spiro atoms. The van der Waals surface area contributed by atoms with Gasteiger partial charge >= 0.3 is 0 Å². The Balaban J connectivity index is 1.92. The quantitative estimate of drug-likeness (QED) is 0.485. The average molecular weight is 268 g/mol. The molecule has 1 aliphatic heterocycles. The Morgan fingerprint density at radius 1 is 1.16 bits per heavy atom. The lowest BCUT2D eigenvalue weighted by molar-refractivity contribution is -1.02. The molecular weight excluding hydrogens is 244 g/mol. The molecule has 2 rings (SSSR count). The van der Waals surface area contributed by atoms with Gasteiger partial charge in [-0.3, -0.25) is 0 Å². The molecule has 0 bridgehead atoms. The number of methoxy groups -OCH3 is 1. The number of nitrogens with one attached hydrogen (secondary N) is 2. The zero-order valence-corrected chi connectivity index (χ0v) is 11.5. The summed E-state index contributed by atoms with van der Waals surface area (Å²) in [6, 6.07) is 5.65. The van der Waals surface area contributed by atoms with E-state index in [-0.39, 0.29) is 12.4 Å². The molecule has 0 radical (unpaired) electrons. The Bertz CT molecular complexity index is 404. The minimum absolute atomic E-state index is 0.265. The molecule has 0 atom stereocenters. The molecule has 0 aromatic heterocycles. The summed E-state index contributed by atoms with van der Waals surface area (Å²) in [6.45, 7) is 6.26. The fourth-order valence-corrected chi connectivity index (χ4v) is 2.69. The number of piperazine rings is 1. The Kier molecular flexibility index (Phi) is 5.01. The van der Waals surface area contributed by atoms with E-state index >= 15 is 0 Å². The molecule has 0 aliphatic carbocycles. The average Bonchev–Trinajstić information content (AvgIpc) is 2.43. The molecule has 0 saturated carbocycles. The maximum atomic E-state index is 10.1. The van der Waals surface area contributed by atoms with Crippen LogP contribution in [0.15, 0.2) is 18.2 Å². The molecule has 1 aromatic carbocycles. The predicted octanol–water partition coefficient (Wildman–Crippen LogP) is -2.32. The fourth-order valence-electron chi connectivity index (χ4n) is 2.69. The number of hydrogen-bond donors (Lipinski definition) is 4. The molecule has 1 heterocycles. The summed E-state index contributed by atoms with van der Waals surface area (Å²) < 4.78 is 5.13. The lowest BCUT2D eigenvalue weighted by atomic mass is 10.1. The number of rotatable bonds is 5. The Labute approximate surface area is 114 Å². The van der Waals surface area contributed by atoms with E-state index in [1.54, 1.807) is 13.2 Å². The van der Waals surface area contributed by atoms with Gasteiger partial charge in [0.2, 0.25) is 0 Å². The smallest absolute Gasteiger partial charge is 0.166 e. The van der Waals surface area contributed by atoms with Gasteiger partial charge in [0.1, 0.15) is 39.3 Å². The first kappa shape index (κ1) is 14.1. The Morgan fingerprint density at radius 2 is 1.84 bits per heavy atom. The maximum Gasteiger partial charge on any atom is 0.166 e. The number of para-hydroxylation sites is 1. The predicted molar refractivity (Wildman–Crippen MR) is 71.7 cm³/mol. The van der Waals surface area contributed by atoms with Crippen LogP contribution in [0.3, 0.4) is 0 Å². The van der Waals surface area contributed by atoms with Crippen molar-refractivity contribution >= 4 is 0 Å². The van der Waals surface area contributed by atoms with Gasteiger partial charge in [-0.2, -0.15) is 0 Å². The van der Waals surface area contributed by atoms with Crippen LogP contribution in [0.4, 0.5) is 0 Å². The number of phenols is 1. The van der Waals surface area contributed by atoms with Crippen molar-refractivity contribution in [1.29, 1.82) is 0 Å². The van der Waals surface area contributed by atoms with Gasteiger partial charge in [-0.1, -0.05) is 6.07 Å². The molecule has 1 aliphatic rings. The van der Waals surface area contributed by atoms with Crippen LogP contribution in [0.2, 0.25) is 0 Å². The van der Waals surface area contributed by atoms with E-state index in [1.807, 2.05) is 12.1 Å². The van der Waals surface area contributed by atoms with Crippen LogP contribution in [0.5, 0.6) is 11.5 Å². The molecule has 5 nitrogen and oxygen atoms in total. The SMILES string of the molecule is COc1cccc(C[NH+]2CC[NH+](CCO)CC2)c1O. The summed E-state index contributed by atoms with van der Waals surface area (Å²) in [5, 5.41) is 19.0. The number of benzene rings is 1. The minimum atomic E-state index is 0.265. The summed E-state index contributed by atoms with van der Waals surface area (Å²) in [5.41, 5.74) is 0.944. The van der Waals surface area contributed by atoms with Crippen molar-refractivity contribution in [2.75, 3.05) is 46.4 Å². The van der Waals surface area contributed by atoms with Crippen LogP contribution in [0.25, 0.3) is 0 Å². The summed E-state index contributed by atoms with van der Waals surface area (Å²) in [7, 11) is 1.57. The highest BCUT2D eigenvalue weighted by atomic mass is 16.5. The topological polar surface area (TPSA) is 58.6 Å². The second-order valence-corrected chi connectivity index (χ2v) is 5.12. The van der Waals surface area contributed by atoms with Crippen LogP contribution in [-0.2, 0) is 6.54 Å². The molecule has 0 amide bonds. The molecule has 1 saturated heterocycles. The van der Waals surface area contributed by atoms with Crippen LogP contribution in [0.1, 0.15) is 5.56 Å². The number of aromatic hydroxyl groups is 1. The number of aliphatic hydroxyl groups is 1. The van der Waals surface area contributed by atoms with E-state index in [0.717, 1.165) is 44.8 Å². The van der Waals surface area contributed by atoms with Gasteiger partial charge in [-0.25, -0.2) is 0 Å². The molecule has 19 heavy (non-hydrogen) atoms. The Hall–Kier alpha value is -1.30. The molecular formula is C14H24N2O3+2. The third-order valence-corrected chi connectivity index (χ3v) is 3.87. The number of aliphatic hydroxyl groups excluding tert-OH is 1. The zero-order chi connectivity index (χ0) is 13.7. The van der Waals surface area contributed by atoms with E-state index in [9.17, 15) is 5.11 Å². The van der Waals surface area contributed by atoms with E-state index in [4.69, 9.17) is 9.84 Å². The normalized spacial score (nSPS) is 23.3. The molecule has 5 heteroatoms. The lowest BCUT2D eigenvalue weighted by Crippen LogP contribution is -3.27. The van der Waals surface area contributed by atoms with Crippen molar-refractivity contribution in [3.05, 3.63) is 23.8 Å². The highest BCUT2D eigenvalue weighted by molar-refractivity contribution is 5.44. The van der Waals surface area contributed by atoms with Crippen molar-refractivity contribution < 1.29 is 24.7 Å². The second-order valence-electron chi connectivity index (χ2n) is 5.12. The molecule has 0 unspecified atom stereocenters. The van der Waals surface area contributed by atoms with E-state index < -0.39 is 0 Å². The highest BCUT2D eigenvalue weighted by Crippen LogP contribution is 2.28. The van der Waals surface area contributed by atoms with E-state index in [0.29, 0.717) is 5.75 Å². The third-order valence-electron chi connectivity index (χ3n) is 3.87. The van der Waals surface area contributed by atoms with Crippen LogP contribution in [0, 0.1) is 0 Å².